The fourth-order valence-electron chi connectivity index (χ4n) is 3.41. The molecule has 128 valence electrons. The second-order valence-corrected chi connectivity index (χ2v) is 6.49. The number of pyridine rings is 1. The molecule has 0 bridgehead atoms. The summed E-state index contributed by atoms with van der Waals surface area (Å²) in [6.45, 7) is 2.16. The Labute approximate surface area is 153 Å². The van der Waals surface area contributed by atoms with E-state index in [0.717, 1.165) is 29.2 Å². The van der Waals surface area contributed by atoms with Gasteiger partial charge < -0.3 is 0 Å². The Balaban J connectivity index is 1.83. The predicted octanol–water partition coefficient (Wildman–Crippen LogP) is 6.66. The van der Waals surface area contributed by atoms with Crippen LogP contribution < -0.4 is 0 Å². The largest absolute Gasteiger partial charge is 0.255 e. The van der Waals surface area contributed by atoms with Gasteiger partial charge >= 0.3 is 0 Å². The fourth-order valence-corrected chi connectivity index (χ4v) is 3.41. The zero-order chi connectivity index (χ0) is 17.9. The summed E-state index contributed by atoms with van der Waals surface area (Å²) < 4.78 is 15.4. The Bertz CT molecular complexity index is 1050. The van der Waals surface area contributed by atoms with Crippen LogP contribution in [-0.4, -0.2) is 4.98 Å². The van der Waals surface area contributed by atoms with E-state index >= 15 is 4.39 Å². The zero-order valence-electron chi connectivity index (χ0n) is 14.7. The van der Waals surface area contributed by atoms with Crippen LogP contribution in [0.2, 0.25) is 0 Å². The SMILES string of the molecule is CCCc1ccc(-c2cccc(-c3nccc4ccccc34)c2F)cc1. The third-order valence-corrected chi connectivity index (χ3v) is 4.73. The highest BCUT2D eigenvalue weighted by atomic mass is 19.1. The van der Waals surface area contributed by atoms with Crippen LogP contribution in [0.3, 0.4) is 0 Å². The van der Waals surface area contributed by atoms with Gasteiger partial charge in [0.25, 0.3) is 0 Å². The maximum absolute atomic E-state index is 15.4. The van der Waals surface area contributed by atoms with Gasteiger partial charge in [-0.25, -0.2) is 4.39 Å². The molecule has 4 aromatic rings. The zero-order valence-corrected chi connectivity index (χ0v) is 14.7. The van der Waals surface area contributed by atoms with E-state index in [2.05, 4.69) is 24.0 Å². The Kier molecular flexibility index (Phi) is 4.49. The Morgan fingerprint density at radius 2 is 1.58 bits per heavy atom. The smallest absolute Gasteiger partial charge is 0.140 e. The first kappa shape index (κ1) is 16.5. The molecule has 0 fully saturated rings. The number of halogens is 1. The number of nitrogens with zero attached hydrogens (tertiary/aromatic N) is 1. The normalized spacial score (nSPS) is 11.0. The molecule has 0 atom stereocenters. The summed E-state index contributed by atoms with van der Waals surface area (Å²) in [5.41, 5.74) is 4.01. The first-order chi connectivity index (χ1) is 12.8. The van der Waals surface area contributed by atoms with Crippen molar-refractivity contribution in [3.8, 4) is 22.4 Å². The quantitative estimate of drug-likeness (QED) is 0.404. The van der Waals surface area contributed by atoms with Crippen molar-refractivity contribution < 1.29 is 4.39 Å². The van der Waals surface area contributed by atoms with E-state index in [1.807, 2.05) is 54.6 Å². The summed E-state index contributed by atoms with van der Waals surface area (Å²) in [7, 11) is 0. The predicted molar refractivity (Wildman–Crippen MR) is 107 cm³/mol. The van der Waals surface area contributed by atoms with E-state index in [4.69, 9.17) is 0 Å². The number of benzene rings is 3. The molecule has 2 heteroatoms. The van der Waals surface area contributed by atoms with Crippen LogP contribution in [0.15, 0.2) is 79.0 Å². The molecule has 0 saturated carbocycles. The van der Waals surface area contributed by atoms with Gasteiger partial charge in [0.05, 0.1) is 5.69 Å². The van der Waals surface area contributed by atoms with E-state index in [-0.39, 0.29) is 5.82 Å². The fraction of sp³-hybridized carbons (Fsp3) is 0.125. The van der Waals surface area contributed by atoms with Crippen LogP contribution in [0.5, 0.6) is 0 Å². The van der Waals surface area contributed by atoms with Crippen LogP contribution in [-0.2, 0) is 6.42 Å². The lowest BCUT2D eigenvalue weighted by molar-refractivity contribution is 0.634. The molecule has 0 amide bonds. The minimum atomic E-state index is -0.223. The lowest BCUT2D eigenvalue weighted by Crippen LogP contribution is -1.93. The van der Waals surface area contributed by atoms with Crippen molar-refractivity contribution in [1.29, 1.82) is 0 Å². The molecular formula is C24H20FN. The third kappa shape index (κ3) is 2.99. The number of fused-ring (bicyclic) bond motifs is 1. The number of hydrogen-bond acceptors (Lipinski definition) is 1. The standard InChI is InChI=1S/C24H20FN/c1-2-6-17-11-13-19(14-12-17)20-9-5-10-22(23(20)25)24-21-8-4-3-7-18(21)15-16-26-24/h3-5,7-16H,2,6H2,1H3. The maximum atomic E-state index is 15.4. The van der Waals surface area contributed by atoms with Gasteiger partial charge in [-0.2, -0.15) is 0 Å². The van der Waals surface area contributed by atoms with Crippen molar-refractivity contribution in [1.82, 2.24) is 4.98 Å². The molecular weight excluding hydrogens is 321 g/mol. The van der Waals surface area contributed by atoms with Crippen molar-refractivity contribution in [2.45, 2.75) is 19.8 Å². The highest BCUT2D eigenvalue weighted by Gasteiger charge is 2.14. The molecule has 0 aliphatic carbocycles. The lowest BCUT2D eigenvalue weighted by Gasteiger charge is -2.11. The van der Waals surface area contributed by atoms with Crippen LogP contribution in [0.25, 0.3) is 33.2 Å². The van der Waals surface area contributed by atoms with Gasteiger partial charge in [0.15, 0.2) is 0 Å². The van der Waals surface area contributed by atoms with Gasteiger partial charge in [-0.05, 0) is 35.1 Å². The second-order valence-electron chi connectivity index (χ2n) is 6.49. The van der Waals surface area contributed by atoms with Gasteiger partial charge in [-0.3, -0.25) is 4.98 Å². The van der Waals surface area contributed by atoms with Gasteiger partial charge in [0.2, 0.25) is 0 Å². The van der Waals surface area contributed by atoms with Gasteiger partial charge in [-0.15, -0.1) is 0 Å². The number of aromatic nitrogens is 1. The first-order valence-corrected chi connectivity index (χ1v) is 9.00. The molecule has 0 unspecified atom stereocenters. The molecule has 0 saturated heterocycles. The summed E-state index contributed by atoms with van der Waals surface area (Å²) in [6, 6.07) is 23.6. The summed E-state index contributed by atoms with van der Waals surface area (Å²) in [6.07, 6.45) is 3.89. The molecule has 1 aromatic heterocycles. The van der Waals surface area contributed by atoms with Crippen LogP contribution in [0.4, 0.5) is 4.39 Å². The Hall–Kier alpha value is -3.00. The topological polar surface area (TPSA) is 12.9 Å². The van der Waals surface area contributed by atoms with Gasteiger partial charge in [-0.1, -0.05) is 74.0 Å². The summed E-state index contributed by atoms with van der Waals surface area (Å²) in [5.74, 6) is -0.223. The first-order valence-electron chi connectivity index (χ1n) is 9.00. The van der Waals surface area contributed by atoms with Crippen molar-refractivity contribution >= 4 is 10.8 Å². The Morgan fingerprint density at radius 1 is 0.808 bits per heavy atom. The second kappa shape index (κ2) is 7.09. The monoisotopic (exact) mass is 341 g/mol. The van der Waals surface area contributed by atoms with Gasteiger partial charge in [0, 0.05) is 22.7 Å². The average molecular weight is 341 g/mol. The summed E-state index contributed by atoms with van der Waals surface area (Å²) in [5, 5.41) is 2.02. The Morgan fingerprint density at radius 3 is 2.38 bits per heavy atom. The summed E-state index contributed by atoms with van der Waals surface area (Å²) in [4.78, 5) is 4.47. The number of aryl methyl sites for hydroxylation is 1. The molecule has 0 radical (unpaired) electrons. The number of rotatable bonds is 4. The van der Waals surface area contributed by atoms with E-state index in [0.29, 0.717) is 16.8 Å². The van der Waals surface area contributed by atoms with Gasteiger partial charge in [0.1, 0.15) is 5.82 Å². The minimum Gasteiger partial charge on any atom is -0.255 e. The van der Waals surface area contributed by atoms with E-state index < -0.39 is 0 Å². The molecule has 3 aromatic carbocycles. The molecule has 1 nitrogen and oxygen atoms in total. The molecule has 0 spiro atoms. The molecule has 26 heavy (non-hydrogen) atoms. The maximum Gasteiger partial charge on any atom is 0.140 e. The lowest BCUT2D eigenvalue weighted by atomic mass is 9.97. The van der Waals surface area contributed by atoms with Crippen molar-refractivity contribution in [2.75, 3.05) is 0 Å². The van der Waals surface area contributed by atoms with Crippen molar-refractivity contribution in [3.63, 3.8) is 0 Å². The molecule has 0 N–H and O–H groups in total. The van der Waals surface area contributed by atoms with E-state index in [9.17, 15) is 0 Å². The minimum absolute atomic E-state index is 0.223. The van der Waals surface area contributed by atoms with Crippen molar-refractivity contribution in [3.05, 3.63) is 90.4 Å². The highest BCUT2D eigenvalue weighted by Crippen LogP contribution is 2.33. The van der Waals surface area contributed by atoms with Crippen molar-refractivity contribution in [2.24, 2.45) is 0 Å². The highest BCUT2D eigenvalue weighted by molar-refractivity contribution is 5.95. The number of hydrogen-bond donors (Lipinski definition) is 0. The van der Waals surface area contributed by atoms with Crippen LogP contribution in [0.1, 0.15) is 18.9 Å². The van der Waals surface area contributed by atoms with E-state index in [1.54, 1.807) is 12.3 Å². The average Bonchev–Trinajstić information content (AvgIpc) is 2.69. The molecule has 0 aliphatic heterocycles. The van der Waals surface area contributed by atoms with E-state index in [1.165, 1.54) is 5.56 Å². The van der Waals surface area contributed by atoms with Crippen LogP contribution >= 0.6 is 0 Å². The molecule has 0 aliphatic rings. The summed E-state index contributed by atoms with van der Waals surface area (Å²) >= 11 is 0. The molecule has 4 rings (SSSR count). The van der Waals surface area contributed by atoms with Crippen LogP contribution in [0, 0.1) is 5.82 Å². The molecule has 1 heterocycles. The third-order valence-electron chi connectivity index (χ3n) is 4.73.